The molecule has 3 aromatic rings. The lowest BCUT2D eigenvalue weighted by molar-refractivity contribution is -0.120. The molecular weight excluding hydrogens is 364 g/mol. The van der Waals surface area contributed by atoms with Crippen molar-refractivity contribution in [2.24, 2.45) is 0 Å². The van der Waals surface area contributed by atoms with Gasteiger partial charge < -0.3 is 10.1 Å². The van der Waals surface area contributed by atoms with Crippen molar-refractivity contribution < 1.29 is 14.3 Å². The first kappa shape index (κ1) is 20.1. The molecule has 5 heteroatoms. The van der Waals surface area contributed by atoms with Gasteiger partial charge in [0.25, 0.3) is 0 Å². The predicted molar refractivity (Wildman–Crippen MR) is 116 cm³/mol. The molecule has 0 spiro atoms. The van der Waals surface area contributed by atoms with E-state index < -0.39 is 0 Å². The number of hydrogen-bond donors (Lipinski definition) is 1. The molecule has 0 aromatic heterocycles. The number of ether oxygens (including phenoxy) is 1. The lowest BCUT2D eigenvalue weighted by Crippen LogP contribution is -2.36. The number of anilines is 2. The Morgan fingerprint density at radius 1 is 0.897 bits per heavy atom. The number of carbonyl (C=O) groups excluding carboxylic acids is 2. The molecule has 0 atom stereocenters. The van der Waals surface area contributed by atoms with Crippen molar-refractivity contribution in [1.29, 1.82) is 0 Å². The third-order valence-electron chi connectivity index (χ3n) is 4.60. The summed E-state index contributed by atoms with van der Waals surface area (Å²) in [6.45, 7) is 5.33. The molecule has 0 aliphatic carbocycles. The molecular formula is C24H24N2O3. The van der Waals surface area contributed by atoms with Gasteiger partial charge >= 0.3 is 0 Å². The summed E-state index contributed by atoms with van der Waals surface area (Å²) in [6.07, 6.45) is 0. The van der Waals surface area contributed by atoms with Gasteiger partial charge in [0.2, 0.25) is 11.8 Å². The maximum Gasteiger partial charge on any atom is 0.244 e. The minimum Gasteiger partial charge on any atom is -0.455 e. The monoisotopic (exact) mass is 388 g/mol. The Morgan fingerprint density at radius 3 is 2.28 bits per heavy atom. The van der Waals surface area contributed by atoms with E-state index in [1.54, 1.807) is 12.1 Å². The summed E-state index contributed by atoms with van der Waals surface area (Å²) >= 11 is 0. The van der Waals surface area contributed by atoms with Crippen molar-refractivity contribution in [3.8, 4) is 11.5 Å². The van der Waals surface area contributed by atoms with E-state index in [1.165, 1.54) is 11.8 Å². The lowest BCUT2D eigenvalue weighted by atomic mass is 10.1. The lowest BCUT2D eigenvalue weighted by Gasteiger charge is -2.23. The van der Waals surface area contributed by atoms with Gasteiger partial charge in [-0.15, -0.1) is 0 Å². The summed E-state index contributed by atoms with van der Waals surface area (Å²) in [5, 5.41) is 2.86. The zero-order valence-electron chi connectivity index (χ0n) is 16.8. The van der Waals surface area contributed by atoms with Crippen molar-refractivity contribution in [3.63, 3.8) is 0 Å². The molecule has 29 heavy (non-hydrogen) atoms. The topological polar surface area (TPSA) is 58.6 Å². The van der Waals surface area contributed by atoms with Crippen LogP contribution < -0.4 is 15.0 Å². The number of nitrogens with one attached hydrogen (secondary N) is 1. The van der Waals surface area contributed by atoms with Crippen LogP contribution in [0, 0.1) is 13.8 Å². The predicted octanol–water partition coefficient (Wildman–Crippen LogP) is 5.09. The largest absolute Gasteiger partial charge is 0.455 e. The Bertz CT molecular complexity index is 1020. The molecule has 0 aliphatic rings. The Labute approximate surface area is 170 Å². The van der Waals surface area contributed by atoms with Crippen molar-refractivity contribution in [1.82, 2.24) is 0 Å². The SMILES string of the molecule is CC(=O)N(CC(=O)Nc1ccc(C)c(C)c1)c1ccccc1Oc1ccccc1. The van der Waals surface area contributed by atoms with Crippen LogP contribution in [0.2, 0.25) is 0 Å². The molecule has 0 unspecified atom stereocenters. The fourth-order valence-corrected chi connectivity index (χ4v) is 2.91. The summed E-state index contributed by atoms with van der Waals surface area (Å²) in [6, 6.07) is 22.2. The van der Waals surface area contributed by atoms with Crippen molar-refractivity contribution in [2.75, 3.05) is 16.8 Å². The average molecular weight is 388 g/mol. The second-order valence-corrected chi connectivity index (χ2v) is 6.84. The highest BCUT2D eigenvalue weighted by atomic mass is 16.5. The van der Waals surface area contributed by atoms with Gasteiger partial charge in [-0.1, -0.05) is 36.4 Å². The summed E-state index contributed by atoms with van der Waals surface area (Å²) in [7, 11) is 0. The van der Waals surface area contributed by atoms with E-state index in [1.807, 2.05) is 74.5 Å². The highest BCUT2D eigenvalue weighted by Crippen LogP contribution is 2.32. The fraction of sp³-hybridized carbons (Fsp3) is 0.167. The number of aryl methyl sites for hydroxylation is 2. The quantitative estimate of drug-likeness (QED) is 0.640. The molecule has 0 saturated carbocycles. The van der Waals surface area contributed by atoms with Gasteiger partial charge in [0.05, 0.1) is 5.69 Å². The minimum atomic E-state index is -0.280. The van der Waals surface area contributed by atoms with Crippen LogP contribution in [0.15, 0.2) is 72.8 Å². The first-order valence-electron chi connectivity index (χ1n) is 9.41. The molecule has 0 fully saturated rings. The Hall–Kier alpha value is -3.60. The molecule has 3 aromatic carbocycles. The Morgan fingerprint density at radius 2 is 1.59 bits per heavy atom. The van der Waals surface area contributed by atoms with Crippen molar-refractivity contribution >= 4 is 23.2 Å². The highest BCUT2D eigenvalue weighted by molar-refractivity contribution is 6.02. The Kier molecular flexibility index (Phi) is 6.29. The standard InChI is InChI=1S/C24H24N2O3/c1-17-13-14-20(15-18(17)2)25-24(28)16-26(19(3)27)22-11-7-8-12-23(22)29-21-9-5-4-6-10-21/h4-15H,16H2,1-3H3,(H,25,28). The van der Waals surface area contributed by atoms with Gasteiger partial charge in [-0.05, 0) is 61.4 Å². The second kappa shape index (κ2) is 9.06. The van der Waals surface area contributed by atoms with Gasteiger partial charge in [0.1, 0.15) is 12.3 Å². The molecule has 2 amide bonds. The van der Waals surface area contributed by atoms with Crippen LogP contribution in [0.4, 0.5) is 11.4 Å². The smallest absolute Gasteiger partial charge is 0.244 e. The first-order valence-corrected chi connectivity index (χ1v) is 9.41. The van der Waals surface area contributed by atoms with E-state index in [2.05, 4.69) is 5.32 Å². The van der Waals surface area contributed by atoms with Gasteiger partial charge in [-0.3, -0.25) is 14.5 Å². The zero-order valence-corrected chi connectivity index (χ0v) is 16.8. The van der Waals surface area contributed by atoms with Crippen LogP contribution in [0.5, 0.6) is 11.5 Å². The molecule has 5 nitrogen and oxygen atoms in total. The second-order valence-electron chi connectivity index (χ2n) is 6.84. The maximum atomic E-state index is 12.6. The number of carbonyl (C=O) groups is 2. The van der Waals surface area contributed by atoms with Crippen LogP contribution in [-0.2, 0) is 9.59 Å². The minimum absolute atomic E-state index is 0.114. The van der Waals surface area contributed by atoms with E-state index in [0.717, 1.165) is 11.1 Å². The third-order valence-corrected chi connectivity index (χ3v) is 4.60. The molecule has 148 valence electrons. The van der Waals surface area contributed by atoms with E-state index in [4.69, 9.17) is 4.74 Å². The molecule has 0 heterocycles. The van der Waals surface area contributed by atoms with E-state index in [-0.39, 0.29) is 18.4 Å². The van der Waals surface area contributed by atoms with E-state index >= 15 is 0 Å². The third kappa shape index (κ3) is 5.23. The van der Waals surface area contributed by atoms with Crippen LogP contribution in [0.3, 0.4) is 0 Å². The summed E-state index contributed by atoms with van der Waals surface area (Å²) in [4.78, 5) is 26.4. The van der Waals surface area contributed by atoms with Gasteiger partial charge in [-0.2, -0.15) is 0 Å². The zero-order chi connectivity index (χ0) is 20.8. The molecule has 0 radical (unpaired) electrons. The summed E-state index contributed by atoms with van der Waals surface area (Å²) < 4.78 is 5.94. The van der Waals surface area contributed by atoms with Gasteiger partial charge in [0.15, 0.2) is 5.75 Å². The van der Waals surface area contributed by atoms with E-state index in [9.17, 15) is 9.59 Å². The van der Waals surface area contributed by atoms with Gasteiger partial charge in [-0.25, -0.2) is 0 Å². The number of nitrogens with zero attached hydrogens (tertiary/aromatic N) is 1. The van der Waals surface area contributed by atoms with Crippen molar-refractivity contribution in [3.05, 3.63) is 83.9 Å². The highest BCUT2D eigenvalue weighted by Gasteiger charge is 2.20. The molecule has 0 aliphatic heterocycles. The van der Waals surface area contributed by atoms with Crippen LogP contribution in [0.1, 0.15) is 18.1 Å². The van der Waals surface area contributed by atoms with Crippen molar-refractivity contribution in [2.45, 2.75) is 20.8 Å². The van der Waals surface area contributed by atoms with Crippen LogP contribution in [0.25, 0.3) is 0 Å². The molecule has 0 bridgehead atoms. The normalized spacial score (nSPS) is 10.3. The van der Waals surface area contributed by atoms with Gasteiger partial charge in [0, 0.05) is 12.6 Å². The number of benzene rings is 3. The first-order chi connectivity index (χ1) is 13.9. The molecule has 0 saturated heterocycles. The number of rotatable bonds is 6. The Balaban J connectivity index is 1.80. The molecule has 3 rings (SSSR count). The van der Waals surface area contributed by atoms with Crippen LogP contribution >= 0.6 is 0 Å². The summed E-state index contributed by atoms with van der Waals surface area (Å²) in [5.74, 6) is 0.637. The average Bonchev–Trinajstić information content (AvgIpc) is 2.70. The van der Waals surface area contributed by atoms with Crippen LogP contribution in [-0.4, -0.2) is 18.4 Å². The fourth-order valence-electron chi connectivity index (χ4n) is 2.91. The number of amides is 2. The molecule has 1 N–H and O–H groups in total. The maximum absolute atomic E-state index is 12.6. The number of hydrogen-bond acceptors (Lipinski definition) is 3. The van der Waals surface area contributed by atoms with E-state index in [0.29, 0.717) is 22.9 Å². The number of para-hydroxylation sites is 3. The summed E-state index contributed by atoms with van der Waals surface area (Å²) in [5.41, 5.74) is 3.49.